The van der Waals surface area contributed by atoms with Crippen LogP contribution in [0, 0.1) is 5.92 Å². The number of rotatable bonds is 7. The molecule has 0 saturated carbocycles. The van der Waals surface area contributed by atoms with E-state index in [-0.39, 0.29) is 16.9 Å². The van der Waals surface area contributed by atoms with Gasteiger partial charge in [0.15, 0.2) is 5.78 Å². The van der Waals surface area contributed by atoms with Gasteiger partial charge in [-0.05, 0) is 49.2 Å². The summed E-state index contributed by atoms with van der Waals surface area (Å²) in [5, 5.41) is 11.8. The van der Waals surface area contributed by atoms with Crippen LogP contribution in [-0.4, -0.2) is 29.4 Å². The van der Waals surface area contributed by atoms with E-state index in [0.717, 1.165) is 0 Å². The zero-order valence-corrected chi connectivity index (χ0v) is 14.9. The molecule has 0 fully saturated rings. The van der Waals surface area contributed by atoms with Crippen LogP contribution < -0.4 is 10.1 Å². The second kappa shape index (κ2) is 8.29. The van der Waals surface area contributed by atoms with Gasteiger partial charge in [0.25, 0.3) is 5.91 Å². The molecule has 2 rings (SSSR count). The van der Waals surface area contributed by atoms with Crippen LogP contribution in [0.15, 0.2) is 42.5 Å². The highest BCUT2D eigenvalue weighted by Gasteiger charge is 2.14. The Balaban J connectivity index is 2.31. The molecule has 0 aliphatic carbocycles. The third-order valence-electron chi connectivity index (χ3n) is 3.58. The normalized spacial score (nSPS) is 10.5. The van der Waals surface area contributed by atoms with Gasteiger partial charge in [-0.3, -0.25) is 9.59 Å². The van der Waals surface area contributed by atoms with Gasteiger partial charge in [0.1, 0.15) is 5.75 Å². The van der Waals surface area contributed by atoms with Crippen molar-refractivity contribution < 1.29 is 24.2 Å². The fourth-order valence-electron chi connectivity index (χ4n) is 2.22. The van der Waals surface area contributed by atoms with E-state index >= 15 is 0 Å². The van der Waals surface area contributed by atoms with E-state index in [0.29, 0.717) is 29.5 Å². The molecule has 6 heteroatoms. The zero-order valence-electron chi connectivity index (χ0n) is 14.9. The zero-order chi connectivity index (χ0) is 19.3. The highest BCUT2D eigenvalue weighted by atomic mass is 16.5. The minimum atomic E-state index is -1.11. The summed E-state index contributed by atoms with van der Waals surface area (Å²) in [6.45, 7) is 5.89. The van der Waals surface area contributed by atoms with Crippen molar-refractivity contribution in [3.05, 3.63) is 59.2 Å². The number of amides is 1. The number of nitrogens with one attached hydrogen (secondary N) is 1. The minimum absolute atomic E-state index is 0.0198. The lowest BCUT2D eigenvalue weighted by Crippen LogP contribution is -2.15. The number of aromatic carboxylic acids is 1. The molecule has 0 heterocycles. The van der Waals surface area contributed by atoms with Crippen LogP contribution >= 0.6 is 0 Å². The highest BCUT2D eigenvalue weighted by Crippen LogP contribution is 2.27. The molecule has 0 spiro atoms. The van der Waals surface area contributed by atoms with E-state index < -0.39 is 11.9 Å². The van der Waals surface area contributed by atoms with Crippen molar-refractivity contribution in [3.63, 3.8) is 0 Å². The van der Waals surface area contributed by atoms with Gasteiger partial charge < -0.3 is 15.2 Å². The summed E-state index contributed by atoms with van der Waals surface area (Å²) in [6.07, 6.45) is 0. The first-order chi connectivity index (χ1) is 12.3. The van der Waals surface area contributed by atoms with Crippen molar-refractivity contribution in [2.75, 3.05) is 11.9 Å². The number of ketones is 1. The third-order valence-corrected chi connectivity index (χ3v) is 3.58. The largest absolute Gasteiger partial charge is 0.491 e. The molecule has 2 aromatic carbocycles. The van der Waals surface area contributed by atoms with E-state index in [1.807, 2.05) is 13.8 Å². The van der Waals surface area contributed by atoms with Gasteiger partial charge in [0.2, 0.25) is 0 Å². The Morgan fingerprint density at radius 2 is 1.73 bits per heavy atom. The smallest absolute Gasteiger partial charge is 0.335 e. The van der Waals surface area contributed by atoms with Gasteiger partial charge in [-0.15, -0.1) is 0 Å². The molecular weight excluding hydrogens is 334 g/mol. The molecule has 6 nitrogen and oxygen atoms in total. The van der Waals surface area contributed by atoms with Crippen LogP contribution in [0.4, 0.5) is 5.69 Å². The summed E-state index contributed by atoms with van der Waals surface area (Å²) < 4.78 is 5.71. The Morgan fingerprint density at radius 1 is 1.04 bits per heavy atom. The average Bonchev–Trinajstić information content (AvgIpc) is 2.60. The van der Waals surface area contributed by atoms with Crippen molar-refractivity contribution in [2.24, 2.45) is 5.92 Å². The first-order valence-corrected chi connectivity index (χ1v) is 8.20. The van der Waals surface area contributed by atoms with Crippen molar-refractivity contribution in [3.8, 4) is 5.75 Å². The fraction of sp³-hybridized carbons (Fsp3) is 0.250. The number of carboxylic acids is 1. The van der Waals surface area contributed by atoms with E-state index in [1.54, 1.807) is 18.2 Å². The first-order valence-electron chi connectivity index (χ1n) is 8.20. The standard InChI is InChI=1S/C20H21NO5/c1-12(2)11-26-18-8-7-14(13(3)22)10-17(18)21-19(23)15-5-4-6-16(9-15)20(24)25/h4-10,12H,11H2,1-3H3,(H,21,23)(H,24,25). The van der Waals surface area contributed by atoms with Gasteiger partial charge in [-0.25, -0.2) is 4.79 Å². The Bertz CT molecular complexity index is 842. The van der Waals surface area contributed by atoms with Gasteiger partial charge in [-0.1, -0.05) is 19.9 Å². The van der Waals surface area contributed by atoms with Crippen LogP contribution in [0.3, 0.4) is 0 Å². The predicted molar refractivity (Wildman–Crippen MR) is 98.1 cm³/mol. The van der Waals surface area contributed by atoms with Crippen molar-refractivity contribution in [2.45, 2.75) is 20.8 Å². The third kappa shape index (κ3) is 4.92. The molecule has 0 saturated heterocycles. The number of carbonyl (C=O) groups excluding carboxylic acids is 2. The highest BCUT2D eigenvalue weighted by molar-refractivity contribution is 6.07. The van der Waals surface area contributed by atoms with E-state index in [9.17, 15) is 14.4 Å². The molecule has 2 aromatic rings. The van der Waals surface area contributed by atoms with E-state index in [4.69, 9.17) is 9.84 Å². The average molecular weight is 355 g/mol. The number of Topliss-reactive ketones (excluding diaryl/α,β-unsaturated/α-hetero) is 1. The topological polar surface area (TPSA) is 92.7 Å². The summed E-state index contributed by atoms with van der Waals surface area (Å²) in [5.41, 5.74) is 1.03. The van der Waals surface area contributed by atoms with Crippen LogP contribution in [-0.2, 0) is 0 Å². The number of anilines is 1. The fourth-order valence-corrected chi connectivity index (χ4v) is 2.22. The monoisotopic (exact) mass is 355 g/mol. The predicted octanol–water partition coefficient (Wildman–Crippen LogP) is 3.87. The summed E-state index contributed by atoms with van der Waals surface area (Å²) in [4.78, 5) is 35.2. The lowest BCUT2D eigenvalue weighted by atomic mass is 10.1. The number of benzene rings is 2. The Morgan fingerprint density at radius 3 is 2.35 bits per heavy atom. The molecule has 1 amide bonds. The van der Waals surface area contributed by atoms with Crippen molar-refractivity contribution >= 4 is 23.3 Å². The summed E-state index contributed by atoms with van der Waals surface area (Å²) in [5.74, 6) is -0.990. The maximum atomic E-state index is 12.5. The number of hydrogen-bond donors (Lipinski definition) is 2. The first kappa shape index (κ1) is 19.2. The van der Waals surface area contributed by atoms with Crippen molar-refractivity contribution in [1.29, 1.82) is 0 Å². The Hall–Kier alpha value is -3.15. The van der Waals surface area contributed by atoms with Crippen LogP contribution in [0.1, 0.15) is 51.8 Å². The Labute approximate surface area is 151 Å². The number of carbonyl (C=O) groups is 3. The molecule has 0 unspecified atom stereocenters. The lowest BCUT2D eigenvalue weighted by molar-refractivity contribution is 0.0696. The van der Waals surface area contributed by atoms with E-state index in [1.165, 1.54) is 31.2 Å². The van der Waals surface area contributed by atoms with Gasteiger partial charge >= 0.3 is 5.97 Å². The van der Waals surface area contributed by atoms with Crippen LogP contribution in [0.2, 0.25) is 0 Å². The lowest BCUT2D eigenvalue weighted by Gasteiger charge is -2.15. The molecule has 26 heavy (non-hydrogen) atoms. The second-order valence-corrected chi connectivity index (χ2v) is 6.31. The van der Waals surface area contributed by atoms with Gasteiger partial charge in [0.05, 0.1) is 17.9 Å². The minimum Gasteiger partial charge on any atom is -0.491 e. The van der Waals surface area contributed by atoms with Gasteiger partial charge in [0, 0.05) is 11.1 Å². The molecule has 0 atom stereocenters. The SMILES string of the molecule is CC(=O)c1ccc(OCC(C)C)c(NC(=O)c2cccc(C(=O)O)c2)c1. The Kier molecular flexibility index (Phi) is 6.11. The molecular formula is C20H21NO5. The maximum Gasteiger partial charge on any atom is 0.335 e. The van der Waals surface area contributed by atoms with Gasteiger partial charge in [-0.2, -0.15) is 0 Å². The number of hydrogen-bond acceptors (Lipinski definition) is 4. The molecule has 0 bridgehead atoms. The molecule has 0 aliphatic rings. The number of ether oxygens (including phenoxy) is 1. The van der Waals surface area contributed by atoms with Crippen LogP contribution in [0.25, 0.3) is 0 Å². The van der Waals surface area contributed by atoms with Crippen molar-refractivity contribution in [1.82, 2.24) is 0 Å². The molecule has 2 N–H and O–H groups in total. The number of carboxylic acid groups (broad SMARTS) is 1. The summed E-state index contributed by atoms with van der Waals surface area (Å²) in [6, 6.07) is 10.6. The van der Waals surface area contributed by atoms with Crippen LogP contribution in [0.5, 0.6) is 5.75 Å². The van der Waals surface area contributed by atoms with E-state index in [2.05, 4.69) is 5.32 Å². The quantitative estimate of drug-likeness (QED) is 0.735. The molecule has 0 radical (unpaired) electrons. The summed E-state index contributed by atoms with van der Waals surface area (Å²) in [7, 11) is 0. The molecule has 0 aromatic heterocycles. The maximum absolute atomic E-state index is 12.5. The second-order valence-electron chi connectivity index (χ2n) is 6.31. The summed E-state index contributed by atoms with van der Waals surface area (Å²) >= 11 is 0. The molecule has 136 valence electrons. The molecule has 0 aliphatic heterocycles.